The average molecular weight is 346 g/mol. The first-order chi connectivity index (χ1) is 12.1. The fraction of sp³-hybridized carbons (Fsp3) is 0.471. The molecule has 8 heteroatoms. The number of pyridine rings is 1. The molecule has 2 saturated heterocycles. The van der Waals surface area contributed by atoms with Gasteiger partial charge in [0.1, 0.15) is 11.3 Å². The summed E-state index contributed by atoms with van der Waals surface area (Å²) in [4.78, 5) is 28.5. The summed E-state index contributed by atoms with van der Waals surface area (Å²) in [5, 5.41) is 5.88. The molecule has 3 atom stereocenters. The fourth-order valence-corrected chi connectivity index (χ4v) is 3.61. The van der Waals surface area contributed by atoms with Crippen LogP contribution in [0.5, 0.6) is 0 Å². The zero-order valence-corrected chi connectivity index (χ0v) is 13.6. The van der Waals surface area contributed by atoms with Gasteiger partial charge in [0.05, 0.1) is 24.4 Å². The van der Waals surface area contributed by atoms with Gasteiger partial charge < -0.3 is 15.4 Å². The van der Waals surface area contributed by atoms with Crippen LogP contribution in [-0.2, 0) is 9.53 Å². The summed E-state index contributed by atoms with van der Waals surface area (Å²) in [5.41, 5.74) is 0.250. The summed E-state index contributed by atoms with van der Waals surface area (Å²) in [6, 6.07) is 2.35. The number of carbonyl (C=O) groups is 2. The lowest BCUT2D eigenvalue weighted by Crippen LogP contribution is -2.60. The normalized spacial score (nSPS) is 26.6. The van der Waals surface area contributed by atoms with Crippen molar-refractivity contribution in [3.8, 4) is 0 Å². The highest BCUT2D eigenvalue weighted by Gasteiger charge is 2.38. The first kappa shape index (κ1) is 16.0. The Hall–Kier alpha value is -2.48. The van der Waals surface area contributed by atoms with Crippen molar-refractivity contribution >= 4 is 17.3 Å². The number of imidazole rings is 1. The van der Waals surface area contributed by atoms with Crippen LogP contribution >= 0.6 is 0 Å². The van der Waals surface area contributed by atoms with Crippen LogP contribution in [0.2, 0.25) is 0 Å². The van der Waals surface area contributed by atoms with Gasteiger partial charge >= 0.3 is 0 Å². The number of nitrogens with zero attached hydrogens (tertiary/aromatic N) is 2. The van der Waals surface area contributed by atoms with Crippen LogP contribution < -0.4 is 10.6 Å². The zero-order chi connectivity index (χ0) is 17.4. The van der Waals surface area contributed by atoms with E-state index in [1.807, 2.05) is 0 Å². The molecular weight excluding hydrogens is 327 g/mol. The molecule has 2 aliphatic heterocycles. The second-order valence-electron chi connectivity index (χ2n) is 6.46. The number of hydrogen-bond acceptors (Lipinski definition) is 4. The predicted octanol–water partition coefficient (Wildman–Crippen LogP) is 1.03. The number of nitrogens with one attached hydrogen (secondary N) is 2. The molecule has 2 N–H and O–H groups in total. The molecule has 2 aromatic rings. The van der Waals surface area contributed by atoms with E-state index in [1.165, 1.54) is 22.7 Å². The number of aromatic nitrogens is 2. The highest BCUT2D eigenvalue weighted by molar-refractivity contribution is 5.92. The first-order valence-electron chi connectivity index (χ1n) is 8.47. The van der Waals surface area contributed by atoms with Crippen LogP contribution in [0.15, 0.2) is 24.5 Å². The minimum atomic E-state index is -0.434. The first-order valence-corrected chi connectivity index (χ1v) is 8.47. The Bertz CT molecular complexity index is 815. The average Bonchev–Trinajstić information content (AvgIpc) is 3.26. The summed E-state index contributed by atoms with van der Waals surface area (Å²) in [6.07, 6.45) is 5.54. The van der Waals surface area contributed by atoms with Crippen molar-refractivity contribution in [2.24, 2.45) is 0 Å². The lowest BCUT2D eigenvalue weighted by Gasteiger charge is -2.35. The van der Waals surface area contributed by atoms with Crippen molar-refractivity contribution in [2.75, 3.05) is 6.61 Å². The van der Waals surface area contributed by atoms with Gasteiger partial charge in [0.25, 0.3) is 5.91 Å². The van der Waals surface area contributed by atoms with Crippen LogP contribution in [-0.4, -0.2) is 46.0 Å². The molecular formula is C17H19FN4O3. The van der Waals surface area contributed by atoms with E-state index in [1.54, 1.807) is 6.20 Å². The van der Waals surface area contributed by atoms with Gasteiger partial charge in [-0.2, -0.15) is 0 Å². The van der Waals surface area contributed by atoms with Gasteiger partial charge in [-0.15, -0.1) is 0 Å². The van der Waals surface area contributed by atoms with Crippen molar-refractivity contribution in [1.82, 2.24) is 20.0 Å². The molecule has 0 radical (unpaired) electrons. The SMILES string of the molecule is O=C1CC[C@H](NC(=O)c2ncc3c(F)cccn23)[C@@H](C2CCCO2)N1. The minimum absolute atomic E-state index is 0.0284. The lowest BCUT2D eigenvalue weighted by atomic mass is 9.92. The number of piperidine rings is 1. The van der Waals surface area contributed by atoms with Gasteiger partial charge in [-0.3, -0.25) is 14.0 Å². The molecule has 0 aromatic carbocycles. The fourth-order valence-electron chi connectivity index (χ4n) is 3.61. The van der Waals surface area contributed by atoms with Crippen molar-refractivity contribution in [1.29, 1.82) is 0 Å². The third kappa shape index (κ3) is 2.97. The molecule has 7 nitrogen and oxygen atoms in total. The molecule has 25 heavy (non-hydrogen) atoms. The minimum Gasteiger partial charge on any atom is -0.376 e. The van der Waals surface area contributed by atoms with E-state index in [4.69, 9.17) is 4.74 Å². The molecule has 1 unspecified atom stereocenters. The van der Waals surface area contributed by atoms with E-state index in [2.05, 4.69) is 15.6 Å². The second kappa shape index (κ2) is 6.44. The van der Waals surface area contributed by atoms with Crippen LogP contribution in [0.25, 0.3) is 5.52 Å². The lowest BCUT2D eigenvalue weighted by molar-refractivity contribution is -0.125. The van der Waals surface area contributed by atoms with Crippen LogP contribution in [0.1, 0.15) is 36.3 Å². The molecule has 2 aliphatic rings. The Morgan fingerprint density at radius 2 is 2.32 bits per heavy atom. The Morgan fingerprint density at radius 1 is 1.44 bits per heavy atom. The van der Waals surface area contributed by atoms with Gasteiger partial charge in [0.15, 0.2) is 0 Å². The highest BCUT2D eigenvalue weighted by atomic mass is 19.1. The summed E-state index contributed by atoms with van der Waals surface area (Å²) in [5.74, 6) is -0.734. The predicted molar refractivity (Wildman–Crippen MR) is 86.5 cm³/mol. The van der Waals surface area contributed by atoms with E-state index in [9.17, 15) is 14.0 Å². The number of hydrogen-bond donors (Lipinski definition) is 2. The summed E-state index contributed by atoms with van der Waals surface area (Å²) >= 11 is 0. The smallest absolute Gasteiger partial charge is 0.287 e. The maximum atomic E-state index is 13.8. The topological polar surface area (TPSA) is 84.7 Å². The highest BCUT2D eigenvalue weighted by Crippen LogP contribution is 2.23. The van der Waals surface area contributed by atoms with Crippen molar-refractivity contribution in [2.45, 2.75) is 43.9 Å². The van der Waals surface area contributed by atoms with Crippen molar-refractivity contribution < 1.29 is 18.7 Å². The number of fused-ring (bicyclic) bond motifs is 1. The maximum absolute atomic E-state index is 13.8. The molecule has 0 aliphatic carbocycles. The van der Waals surface area contributed by atoms with E-state index in [0.29, 0.717) is 19.4 Å². The Kier molecular flexibility index (Phi) is 4.12. The zero-order valence-electron chi connectivity index (χ0n) is 13.6. The molecule has 4 rings (SSSR count). The standard InChI is InChI=1S/C17H19FN4O3/c18-10-3-1-7-22-12(10)9-19-16(22)17(24)20-11-5-6-14(23)21-15(11)13-4-2-8-25-13/h1,3,7,9,11,13,15H,2,4-6,8H2,(H,20,24)(H,21,23)/t11-,13?,15-/m0/s1. The molecule has 2 aromatic heterocycles. The number of amides is 2. The van der Waals surface area contributed by atoms with E-state index < -0.39 is 11.7 Å². The van der Waals surface area contributed by atoms with Crippen molar-refractivity contribution in [3.05, 3.63) is 36.2 Å². The summed E-state index contributed by atoms with van der Waals surface area (Å²) < 4.78 is 20.9. The molecule has 2 fully saturated rings. The Labute approximate surface area is 143 Å². The number of ether oxygens (including phenoxy) is 1. The number of rotatable bonds is 3. The molecule has 2 amide bonds. The van der Waals surface area contributed by atoms with E-state index >= 15 is 0 Å². The van der Waals surface area contributed by atoms with Crippen LogP contribution in [0, 0.1) is 5.82 Å². The largest absolute Gasteiger partial charge is 0.376 e. The van der Waals surface area contributed by atoms with Gasteiger partial charge in [0, 0.05) is 19.2 Å². The second-order valence-corrected chi connectivity index (χ2v) is 6.46. The maximum Gasteiger partial charge on any atom is 0.287 e. The third-order valence-electron chi connectivity index (χ3n) is 4.85. The van der Waals surface area contributed by atoms with Gasteiger partial charge in [-0.1, -0.05) is 0 Å². The monoisotopic (exact) mass is 346 g/mol. The van der Waals surface area contributed by atoms with E-state index in [0.717, 1.165) is 12.8 Å². The Morgan fingerprint density at radius 3 is 3.12 bits per heavy atom. The summed E-state index contributed by atoms with van der Waals surface area (Å²) in [7, 11) is 0. The van der Waals surface area contributed by atoms with Crippen LogP contribution in [0.4, 0.5) is 4.39 Å². The number of halogens is 1. The molecule has 0 bridgehead atoms. The third-order valence-corrected chi connectivity index (χ3v) is 4.85. The molecule has 4 heterocycles. The summed E-state index contributed by atoms with van der Waals surface area (Å²) in [6.45, 7) is 0.669. The molecule has 0 spiro atoms. The quantitative estimate of drug-likeness (QED) is 0.869. The molecule has 0 saturated carbocycles. The Balaban J connectivity index is 1.55. The number of carbonyl (C=O) groups excluding carboxylic acids is 2. The van der Waals surface area contributed by atoms with Gasteiger partial charge in [0.2, 0.25) is 11.7 Å². The van der Waals surface area contributed by atoms with Crippen LogP contribution in [0.3, 0.4) is 0 Å². The molecule has 132 valence electrons. The van der Waals surface area contributed by atoms with Gasteiger partial charge in [-0.25, -0.2) is 9.37 Å². The van der Waals surface area contributed by atoms with E-state index in [-0.39, 0.29) is 35.4 Å². The van der Waals surface area contributed by atoms with Gasteiger partial charge in [-0.05, 0) is 31.4 Å². The van der Waals surface area contributed by atoms with Crippen molar-refractivity contribution in [3.63, 3.8) is 0 Å².